The van der Waals surface area contributed by atoms with Crippen molar-refractivity contribution in [3.05, 3.63) is 54.0 Å². The Labute approximate surface area is 122 Å². The van der Waals surface area contributed by atoms with Crippen LogP contribution in [0.25, 0.3) is 16.9 Å². The summed E-state index contributed by atoms with van der Waals surface area (Å²) in [5, 5.41) is 9.05. The molecule has 104 valence electrons. The van der Waals surface area contributed by atoms with Crippen LogP contribution in [0.2, 0.25) is 0 Å². The highest BCUT2D eigenvalue weighted by atomic mass is 15.1. The van der Waals surface area contributed by atoms with Crippen LogP contribution in [0.4, 0.5) is 0 Å². The summed E-state index contributed by atoms with van der Waals surface area (Å²) in [5.41, 5.74) is 8.76. The summed E-state index contributed by atoms with van der Waals surface area (Å²) in [6.45, 7) is 1.92. The van der Waals surface area contributed by atoms with Crippen molar-refractivity contribution in [3.8, 4) is 11.9 Å². The summed E-state index contributed by atoms with van der Waals surface area (Å²) >= 11 is 0. The molecule has 1 atom stereocenters. The van der Waals surface area contributed by atoms with Gasteiger partial charge in [-0.3, -0.25) is 4.57 Å². The fourth-order valence-electron chi connectivity index (χ4n) is 2.45. The maximum atomic E-state index is 9.05. The maximum absolute atomic E-state index is 9.05. The van der Waals surface area contributed by atoms with Gasteiger partial charge in [-0.25, -0.2) is 9.97 Å². The van der Waals surface area contributed by atoms with Gasteiger partial charge >= 0.3 is 0 Å². The van der Waals surface area contributed by atoms with E-state index < -0.39 is 0 Å². The molecule has 0 fully saturated rings. The lowest BCUT2D eigenvalue weighted by Gasteiger charge is -2.14. The molecular weight excluding hydrogens is 262 g/mol. The lowest BCUT2D eigenvalue weighted by atomic mass is 10.1. The van der Waals surface area contributed by atoms with Gasteiger partial charge in [-0.2, -0.15) is 5.26 Å². The minimum atomic E-state index is -0.148. The predicted molar refractivity (Wildman–Crippen MR) is 80.8 cm³/mol. The second-order valence-electron chi connectivity index (χ2n) is 4.89. The Balaban J connectivity index is 2.34. The highest BCUT2D eigenvalue weighted by Crippen LogP contribution is 2.25. The maximum Gasteiger partial charge on any atom is 0.143 e. The Morgan fingerprint density at radius 1 is 1.29 bits per heavy atom. The number of hydrogen-bond acceptors (Lipinski definition) is 4. The Kier molecular flexibility index (Phi) is 3.38. The lowest BCUT2D eigenvalue weighted by Crippen LogP contribution is -2.12. The molecule has 1 unspecified atom stereocenters. The van der Waals surface area contributed by atoms with E-state index in [4.69, 9.17) is 11.0 Å². The van der Waals surface area contributed by atoms with Crippen molar-refractivity contribution in [2.24, 2.45) is 5.73 Å². The molecule has 3 aromatic rings. The van der Waals surface area contributed by atoms with E-state index in [0.717, 1.165) is 22.4 Å². The summed E-state index contributed by atoms with van der Waals surface area (Å²) in [4.78, 5) is 9.01. The zero-order chi connectivity index (χ0) is 14.8. The topological polar surface area (TPSA) is 80.5 Å². The van der Waals surface area contributed by atoms with Crippen LogP contribution in [0.3, 0.4) is 0 Å². The van der Waals surface area contributed by atoms with E-state index in [0.29, 0.717) is 5.82 Å². The average molecular weight is 277 g/mol. The van der Waals surface area contributed by atoms with Gasteiger partial charge in [0.25, 0.3) is 0 Å². The van der Waals surface area contributed by atoms with Crippen molar-refractivity contribution in [1.82, 2.24) is 14.5 Å². The number of benzene rings is 1. The third kappa shape index (κ3) is 2.26. The Bertz CT molecular complexity index is 826. The van der Waals surface area contributed by atoms with Crippen molar-refractivity contribution in [3.63, 3.8) is 0 Å². The SMILES string of the molecule is CC(N)c1cccnc1-n1c(CC#N)nc2ccccc21. The Hall–Kier alpha value is -2.71. The minimum Gasteiger partial charge on any atom is -0.324 e. The second-order valence-corrected chi connectivity index (χ2v) is 4.89. The molecule has 2 heterocycles. The van der Waals surface area contributed by atoms with Crippen molar-refractivity contribution < 1.29 is 0 Å². The van der Waals surface area contributed by atoms with Crippen LogP contribution in [0.1, 0.15) is 24.4 Å². The molecule has 0 aliphatic carbocycles. The molecule has 3 rings (SSSR count). The number of imidazole rings is 1. The molecule has 5 nitrogen and oxygen atoms in total. The molecule has 0 saturated heterocycles. The standard InChI is InChI=1S/C16H15N5/c1-11(18)12-5-4-10-19-16(12)21-14-7-3-2-6-13(14)20-15(21)8-9-17/h2-7,10-11H,8,18H2,1H3. The molecule has 0 bridgehead atoms. The molecule has 2 N–H and O–H groups in total. The van der Waals surface area contributed by atoms with Crippen LogP contribution in [0.15, 0.2) is 42.6 Å². The summed E-state index contributed by atoms with van der Waals surface area (Å²) in [5.74, 6) is 1.42. The number of hydrogen-bond donors (Lipinski definition) is 1. The van der Waals surface area contributed by atoms with E-state index in [1.54, 1.807) is 6.20 Å². The quantitative estimate of drug-likeness (QED) is 0.797. The van der Waals surface area contributed by atoms with Crippen LogP contribution in [-0.2, 0) is 6.42 Å². The van der Waals surface area contributed by atoms with Gasteiger partial charge in [0.15, 0.2) is 0 Å². The van der Waals surface area contributed by atoms with Crippen LogP contribution in [0, 0.1) is 11.3 Å². The van der Waals surface area contributed by atoms with Crippen LogP contribution in [-0.4, -0.2) is 14.5 Å². The van der Waals surface area contributed by atoms with Crippen molar-refractivity contribution in [1.29, 1.82) is 5.26 Å². The number of nitrogens with two attached hydrogens (primary N) is 1. The molecule has 0 saturated carbocycles. The van der Waals surface area contributed by atoms with Crippen molar-refractivity contribution >= 4 is 11.0 Å². The number of nitriles is 1. The molecule has 0 radical (unpaired) electrons. The second kappa shape index (κ2) is 5.35. The van der Waals surface area contributed by atoms with E-state index in [9.17, 15) is 0 Å². The third-order valence-corrected chi connectivity index (χ3v) is 3.39. The van der Waals surface area contributed by atoms with E-state index in [1.165, 1.54) is 0 Å². The molecule has 0 aliphatic rings. The summed E-state index contributed by atoms with van der Waals surface area (Å²) in [6.07, 6.45) is 1.95. The largest absolute Gasteiger partial charge is 0.324 e. The molecule has 21 heavy (non-hydrogen) atoms. The van der Waals surface area contributed by atoms with Gasteiger partial charge in [0.05, 0.1) is 23.5 Å². The Morgan fingerprint density at radius 2 is 2.10 bits per heavy atom. The van der Waals surface area contributed by atoms with Gasteiger partial charge in [-0.05, 0) is 25.1 Å². The highest BCUT2D eigenvalue weighted by Gasteiger charge is 2.17. The predicted octanol–water partition coefficient (Wildman–Crippen LogP) is 2.51. The van der Waals surface area contributed by atoms with E-state index >= 15 is 0 Å². The molecule has 0 amide bonds. The zero-order valence-electron chi connectivity index (χ0n) is 11.7. The molecule has 0 spiro atoms. The monoisotopic (exact) mass is 277 g/mol. The average Bonchev–Trinajstić information content (AvgIpc) is 2.85. The van der Waals surface area contributed by atoms with Crippen molar-refractivity contribution in [2.75, 3.05) is 0 Å². The molecule has 2 aromatic heterocycles. The number of para-hydroxylation sites is 2. The summed E-state index contributed by atoms with van der Waals surface area (Å²) in [6, 6.07) is 13.6. The zero-order valence-corrected chi connectivity index (χ0v) is 11.7. The number of pyridine rings is 1. The lowest BCUT2D eigenvalue weighted by molar-refractivity contribution is 0.786. The number of aromatic nitrogens is 3. The summed E-state index contributed by atoms with van der Waals surface area (Å²) < 4.78 is 1.93. The first-order chi connectivity index (χ1) is 10.2. The third-order valence-electron chi connectivity index (χ3n) is 3.39. The normalized spacial score (nSPS) is 12.2. The van der Waals surface area contributed by atoms with Crippen molar-refractivity contribution in [2.45, 2.75) is 19.4 Å². The van der Waals surface area contributed by atoms with Gasteiger partial charge in [-0.1, -0.05) is 18.2 Å². The fraction of sp³-hybridized carbons (Fsp3) is 0.188. The van der Waals surface area contributed by atoms with Crippen LogP contribution >= 0.6 is 0 Å². The fourth-order valence-corrected chi connectivity index (χ4v) is 2.45. The number of rotatable bonds is 3. The first-order valence-corrected chi connectivity index (χ1v) is 6.76. The highest BCUT2D eigenvalue weighted by molar-refractivity contribution is 5.78. The van der Waals surface area contributed by atoms with E-state index in [1.807, 2.05) is 47.9 Å². The molecule has 1 aromatic carbocycles. The van der Waals surface area contributed by atoms with Crippen LogP contribution < -0.4 is 5.73 Å². The van der Waals surface area contributed by atoms with Gasteiger partial charge in [0.2, 0.25) is 0 Å². The van der Waals surface area contributed by atoms with Gasteiger partial charge in [0, 0.05) is 17.8 Å². The van der Waals surface area contributed by atoms with Gasteiger partial charge < -0.3 is 5.73 Å². The molecular formula is C16H15N5. The van der Waals surface area contributed by atoms with Gasteiger partial charge in [0.1, 0.15) is 11.6 Å². The van der Waals surface area contributed by atoms with Gasteiger partial charge in [-0.15, -0.1) is 0 Å². The summed E-state index contributed by atoms with van der Waals surface area (Å²) in [7, 11) is 0. The Morgan fingerprint density at radius 3 is 2.86 bits per heavy atom. The molecule has 5 heteroatoms. The first-order valence-electron chi connectivity index (χ1n) is 6.76. The first kappa shape index (κ1) is 13.3. The van der Waals surface area contributed by atoms with Crippen LogP contribution in [0.5, 0.6) is 0 Å². The number of nitrogens with zero attached hydrogens (tertiary/aromatic N) is 4. The smallest absolute Gasteiger partial charge is 0.143 e. The van der Waals surface area contributed by atoms with E-state index in [2.05, 4.69) is 16.0 Å². The minimum absolute atomic E-state index is 0.148. The number of fused-ring (bicyclic) bond motifs is 1. The molecule has 0 aliphatic heterocycles. The van der Waals surface area contributed by atoms with E-state index in [-0.39, 0.29) is 12.5 Å².